The number of ether oxygens (including phenoxy) is 1. The van der Waals surface area contributed by atoms with Crippen LogP contribution in [0.3, 0.4) is 0 Å². The second kappa shape index (κ2) is 7.47. The molecule has 0 aliphatic carbocycles. The van der Waals surface area contributed by atoms with Crippen molar-refractivity contribution in [1.82, 2.24) is 10.6 Å². The van der Waals surface area contributed by atoms with Crippen LogP contribution in [0.2, 0.25) is 0 Å². The van der Waals surface area contributed by atoms with Crippen molar-refractivity contribution >= 4 is 18.2 Å². The fraction of sp³-hybridized carbons (Fsp3) is 0.583. The van der Waals surface area contributed by atoms with E-state index in [0.29, 0.717) is 13.0 Å². The van der Waals surface area contributed by atoms with Crippen molar-refractivity contribution < 1.29 is 14.3 Å². The number of amides is 1. The summed E-state index contributed by atoms with van der Waals surface area (Å²) in [4.78, 5) is 27.0. The molecular formula is C12H19N3O3. The summed E-state index contributed by atoms with van der Waals surface area (Å²) in [5.41, 5.74) is 0. The Balaban J connectivity index is 2.42. The van der Waals surface area contributed by atoms with Crippen molar-refractivity contribution in [3.8, 4) is 0 Å². The number of methoxy groups -OCH3 is 1. The molecule has 0 fully saturated rings. The number of rotatable bonds is 6. The van der Waals surface area contributed by atoms with Gasteiger partial charge in [0.1, 0.15) is 6.04 Å². The van der Waals surface area contributed by atoms with E-state index in [1.54, 1.807) is 12.4 Å². The molecule has 1 rings (SSSR count). The Bertz CT molecular complexity index is 344. The maximum Gasteiger partial charge on any atom is 0.328 e. The number of carbonyl (C=O) groups excluding carboxylic acids is 2. The molecule has 2 atom stereocenters. The van der Waals surface area contributed by atoms with Crippen LogP contribution in [-0.4, -0.2) is 44.0 Å². The van der Waals surface area contributed by atoms with Gasteiger partial charge in [0, 0.05) is 6.08 Å². The fourth-order valence-electron chi connectivity index (χ4n) is 1.59. The Morgan fingerprint density at radius 1 is 1.67 bits per heavy atom. The standard InChI is InChI=1S/C12H19N3O3/c1-3-4-10(12(17)18-2)15-11(16)6-5-9-7-13-8-14-9/h5-6,8-10H,3-4,7H2,1-2H3,(H,13,14)(H,15,16)/b6-5+. The second-order valence-electron chi connectivity index (χ2n) is 4.00. The third-order valence-corrected chi connectivity index (χ3v) is 2.54. The molecule has 0 aromatic carbocycles. The molecule has 1 heterocycles. The van der Waals surface area contributed by atoms with Crippen LogP contribution in [0.5, 0.6) is 0 Å². The minimum atomic E-state index is -0.579. The van der Waals surface area contributed by atoms with E-state index in [1.807, 2.05) is 6.92 Å². The van der Waals surface area contributed by atoms with Crippen LogP contribution < -0.4 is 10.6 Å². The van der Waals surface area contributed by atoms with E-state index >= 15 is 0 Å². The maximum atomic E-state index is 11.6. The molecule has 2 N–H and O–H groups in total. The number of nitrogens with zero attached hydrogens (tertiary/aromatic N) is 1. The molecule has 1 amide bonds. The lowest BCUT2D eigenvalue weighted by molar-refractivity contribution is -0.144. The molecule has 0 radical (unpaired) electrons. The molecule has 0 aromatic rings. The van der Waals surface area contributed by atoms with E-state index in [9.17, 15) is 9.59 Å². The summed E-state index contributed by atoms with van der Waals surface area (Å²) in [6.07, 6.45) is 6.11. The summed E-state index contributed by atoms with van der Waals surface area (Å²) < 4.78 is 4.63. The van der Waals surface area contributed by atoms with Crippen LogP contribution in [0.4, 0.5) is 0 Å². The first-order chi connectivity index (χ1) is 8.67. The Labute approximate surface area is 106 Å². The monoisotopic (exact) mass is 253 g/mol. The van der Waals surface area contributed by atoms with Gasteiger partial charge in [-0.1, -0.05) is 19.4 Å². The van der Waals surface area contributed by atoms with Crippen LogP contribution in [-0.2, 0) is 14.3 Å². The molecule has 6 nitrogen and oxygen atoms in total. The third-order valence-electron chi connectivity index (χ3n) is 2.54. The van der Waals surface area contributed by atoms with Crippen molar-refractivity contribution in [2.24, 2.45) is 4.99 Å². The van der Waals surface area contributed by atoms with Crippen LogP contribution >= 0.6 is 0 Å². The third kappa shape index (κ3) is 4.57. The molecule has 0 saturated heterocycles. The van der Waals surface area contributed by atoms with E-state index in [4.69, 9.17) is 0 Å². The van der Waals surface area contributed by atoms with Crippen molar-refractivity contribution in [3.63, 3.8) is 0 Å². The average molecular weight is 253 g/mol. The van der Waals surface area contributed by atoms with Gasteiger partial charge in [0.25, 0.3) is 0 Å². The number of esters is 1. The predicted octanol–water partition coefficient (Wildman–Crippen LogP) is 0.000600. The molecule has 0 bridgehead atoms. The van der Waals surface area contributed by atoms with Gasteiger partial charge in [-0.25, -0.2) is 4.79 Å². The number of hydrogen-bond donors (Lipinski definition) is 2. The smallest absolute Gasteiger partial charge is 0.328 e. The summed E-state index contributed by atoms with van der Waals surface area (Å²) in [5, 5.41) is 5.60. The first kappa shape index (κ1) is 14.2. The van der Waals surface area contributed by atoms with Crippen LogP contribution in [0.15, 0.2) is 17.1 Å². The molecule has 0 aromatic heterocycles. The molecular weight excluding hydrogens is 234 g/mol. The zero-order valence-electron chi connectivity index (χ0n) is 10.7. The normalized spacial score (nSPS) is 19.6. The van der Waals surface area contributed by atoms with E-state index in [1.165, 1.54) is 13.2 Å². The molecule has 0 spiro atoms. The molecule has 100 valence electrons. The molecule has 2 unspecified atom stereocenters. The summed E-state index contributed by atoms with van der Waals surface area (Å²) in [6.45, 7) is 2.57. The quantitative estimate of drug-likeness (QED) is 0.516. The predicted molar refractivity (Wildman–Crippen MR) is 68.3 cm³/mol. The van der Waals surface area contributed by atoms with Gasteiger partial charge in [-0.2, -0.15) is 0 Å². The van der Waals surface area contributed by atoms with Crippen molar-refractivity contribution in [1.29, 1.82) is 0 Å². The Hall–Kier alpha value is -1.85. The first-order valence-electron chi connectivity index (χ1n) is 5.98. The van der Waals surface area contributed by atoms with Gasteiger partial charge in [0.05, 0.1) is 26.0 Å². The lowest BCUT2D eigenvalue weighted by Crippen LogP contribution is -2.40. The van der Waals surface area contributed by atoms with Crippen LogP contribution in [0, 0.1) is 0 Å². The van der Waals surface area contributed by atoms with E-state index < -0.39 is 12.0 Å². The number of carbonyl (C=O) groups is 2. The highest BCUT2D eigenvalue weighted by atomic mass is 16.5. The van der Waals surface area contributed by atoms with Gasteiger partial charge in [-0.3, -0.25) is 9.79 Å². The van der Waals surface area contributed by atoms with E-state index in [0.717, 1.165) is 6.42 Å². The molecule has 1 aliphatic heterocycles. The lowest BCUT2D eigenvalue weighted by atomic mass is 10.1. The minimum Gasteiger partial charge on any atom is -0.467 e. The lowest BCUT2D eigenvalue weighted by Gasteiger charge is -2.14. The summed E-state index contributed by atoms with van der Waals surface area (Å²) in [7, 11) is 1.31. The van der Waals surface area contributed by atoms with Gasteiger partial charge < -0.3 is 15.4 Å². The molecule has 18 heavy (non-hydrogen) atoms. The summed E-state index contributed by atoms with van der Waals surface area (Å²) >= 11 is 0. The molecule has 0 saturated carbocycles. The Kier molecular flexibility index (Phi) is 5.90. The van der Waals surface area contributed by atoms with Gasteiger partial charge >= 0.3 is 5.97 Å². The first-order valence-corrected chi connectivity index (χ1v) is 5.98. The van der Waals surface area contributed by atoms with Crippen LogP contribution in [0.1, 0.15) is 19.8 Å². The summed E-state index contributed by atoms with van der Waals surface area (Å²) in [5.74, 6) is -0.714. The van der Waals surface area contributed by atoms with E-state index in [2.05, 4.69) is 20.4 Å². The minimum absolute atomic E-state index is 0.0542. The Morgan fingerprint density at radius 2 is 2.44 bits per heavy atom. The van der Waals surface area contributed by atoms with Crippen molar-refractivity contribution in [2.45, 2.75) is 31.8 Å². The van der Waals surface area contributed by atoms with Gasteiger partial charge in [-0.15, -0.1) is 0 Å². The largest absolute Gasteiger partial charge is 0.467 e. The molecule has 6 heteroatoms. The summed E-state index contributed by atoms with van der Waals surface area (Å²) in [6, 6.07) is -0.525. The maximum absolute atomic E-state index is 11.6. The zero-order valence-corrected chi connectivity index (χ0v) is 10.7. The molecule has 1 aliphatic rings. The number of aliphatic imine (C=N–C) groups is 1. The Morgan fingerprint density at radius 3 is 3.00 bits per heavy atom. The fourth-order valence-corrected chi connectivity index (χ4v) is 1.59. The number of nitrogens with one attached hydrogen (secondary N) is 2. The van der Waals surface area contributed by atoms with Gasteiger partial charge in [0.2, 0.25) is 5.91 Å². The zero-order chi connectivity index (χ0) is 13.4. The highest BCUT2D eigenvalue weighted by Gasteiger charge is 2.19. The van der Waals surface area contributed by atoms with Gasteiger partial charge in [0.15, 0.2) is 0 Å². The topological polar surface area (TPSA) is 79.8 Å². The van der Waals surface area contributed by atoms with Crippen molar-refractivity contribution in [3.05, 3.63) is 12.2 Å². The number of hydrogen-bond acceptors (Lipinski definition) is 5. The van der Waals surface area contributed by atoms with Crippen LogP contribution in [0.25, 0.3) is 0 Å². The average Bonchev–Trinajstić information content (AvgIpc) is 2.88. The van der Waals surface area contributed by atoms with Gasteiger partial charge in [-0.05, 0) is 6.42 Å². The SMILES string of the molecule is CCCC(NC(=O)/C=C/C1CN=CN1)C(=O)OC. The highest BCUT2D eigenvalue weighted by molar-refractivity contribution is 5.91. The van der Waals surface area contributed by atoms with E-state index in [-0.39, 0.29) is 11.9 Å². The van der Waals surface area contributed by atoms with Crippen molar-refractivity contribution in [2.75, 3.05) is 13.7 Å². The second-order valence-corrected chi connectivity index (χ2v) is 4.00. The highest BCUT2D eigenvalue weighted by Crippen LogP contribution is 1.99.